The molecule has 1 aliphatic rings. The lowest BCUT2D eigenvalue weighted by molar-refractivity contribution is -0.131. The highest BCUT2D eigenvalue weighted by atomic mass is 16.2. The molecule has 0 saturated carbocycles. The van der Waals surface area contributed by atoms with Gasteiger partial charge in [0.1, 0.15) is 0 Å². The molecule has 1 saturated heterocycles. The summed E-state index contributed by atoms with van der Waals surface area (Å²) in [7, 11) is 0. The van der Waals surface area contributed by atoms with Crippen LogP contribution in [0.5, 0.6) is 0 Å². The summed E-state index contributed by atoms with van der Waals surface area (Å²) < 4.78 is 0. The first-order valence-electron chi connectivity index (χ1n) is 5.94. The Hall–Kier alpha value is -0.530. The number of carbonyl (C=O) groups is 1. The number of rotatable bonds is 3. The molecule has 2 nitrogen and oxygen atoms in total. The first-order chi connectivity index (χ1) is 6.65. The van der Waals surface area contributed by atoms with Crippen molar-refractivity contribution in [3.63, 3.8) is 0 Å². The molecule has 14 heavy (non-hydrogen) atoms. The van der Waals surface area contributed by atoms with Crippen molar-refractivity contribution in [1.82, 2.24) is 4.90 Å². The number of carbonyl (C=O) groups excluding carboxylic acids is 1. The van der Waals surface area contributed by atoms with Crippen LogP contribution >= 0.6 is 0 Å². The molecule has 1 rings (SSSR count). The minimum absolute atomic E-state index is 0.323. The van der Waals surface area contributed by atoms with Gasteiger partial charge in [0, 0.05) is 19.0 Å². The zero-order valence-corrected chi connectivity index (χ0v) is 10.3. The fourth-order valence-electron chi connectivity index (χ4n) is 1.80. The Kier molecular flexibility index (Phi) is 6.60. The van der Waals surface area contributed by atoms with Crippen LogP contribution in [-0.4, -0.2) is 23.9 Å². The maximum Gasteiger partial charge on any atom is 0.225 e. The van der Waals surface area contributed by atoms with Gasteiger partial charge >= 0.3 is 0 Å². The Balaban J connectivity index is 0.000000791. The summed E-state index contributed by atoms with van der Waals surface area (Å²) in [5, 5.41) is 0. The van der Waals surface area contributed by atoms with Crippen LogP contribution in [0.2, 0.25) is 0 Å². The molecule has 0 aromatic rings. The predicted molar refractivity (Wildman–Crippen MR) is 61.2 cm³/mol. The van der Waals surface area contributed by atoms with E-state index in [4.69, 9.17) is 0 Å². The molecule has 84 valence electrons. The second-order valence-corrected chi connectivity index (χ2v) is 4.07. The van der Waals surface area contributed by atoms with Gasteiger partial charge in [0.25, 0.3) is 0 Å². The van der Waals surface area contributed by atoms with Crippen LogP contribution in [0.1, 0.15) is 47.5 Å². The van der Waals surface area contributed by atoms with E-state index < -0.39 is 0 Å². The fourth-order valence-corrected chi connectivity index (χ4v) is 1.80. The van der Waals surface area contributed by atoms with Crippen molar-refractivity contribution in [2.75, 3.05) is 13.1 Å². The average Bonchev–Trinajstić information content (AvgIpc) is 2.50. The molecule has 1 fully saturated rings. The molecule has 2 heteroatoms. The Morgan fingerprint density at radius 3 is 2.36 bits per heavy atom. The summed E-state index contributed by atoms with van der Waals surface area (Å²) in [5.74, 6) is 1.31. The molecule has 1 unspecified atom stereocenters. The van der Waals surface area contributed by atoms with Gasteiger partial charge in [-0.05, 0) is 18.8 Å². The maximum absolute atomic E-state index is 11.6. The SMILES string of the molecule is CC.CCC1CCN(CC(C)C)C1=O. The van der Waals surface area contributed by atoms with E-state index in [9.17, 15) is 4.79 Å². The first-order valence-corrected chi connectivity index (χ1v) is 5.94. The van der Waals surface area contributed by atoms with Gasteiger partial charge < -0.3 is 4.90 Å². The van der Waals surface area contributed by atoms with Crippen molar-refractivity contribution in [2.24, 2.45) is 11.8 Å². The second kappa shape index (κ2) is 6.86. The topological polar surface area (TPSA) is 20.3 Å². The van der Waals surface area contributed by atoms with E-state index in [2.05, 4.69) is 20.8 Å². The highest BCUT2D eigenvalue weighted by Gasteiger charge is 2.29. The molecule has 0 bridgehead atoms. The Morgan fingerprint density at radius 1 is 1.43 bits per heavy atom. The van der Waals surface area contributed by atoms with Crippen LogP contribution in [0.15, 0.2) is 0 Å². The van der Waals surface area contributed by atoms with E-state index in [1.54, 1.807) is 0 Å². The molecule has 1 amide bonds. The summed E-state index contributed by atoms with van der Waals surface area (Å²) >= 11 is 0. The highest BCUT2D eigenvalue weighted by Crippen LogP contribution is 2.21. The van der Waals surface area contributed by atoms with Gasteiger partial charge in [0.05, 0.1) is 0 Å². The highest BCUT2D eigenvalue weighted by molar-refractivity contribution is 5.80. The van der Waals surface area contributed by atoms with E-state index in [0.717, 1.165) is 25.9 Å². The molecule has 0 N–H and O–H groups in total. The summed E-state index contributed by atoms with van der Waals surface area (Å²) in [4.78, 5) is 13.6. The van der Waals surface area contributed by atoms with E-state index in [-0.39, 0.29) is 0 Å². The smallest absolute Gasteiger partial charge is 0.225 e. The monoisotopic (exact) mass is 199 g/mol. The maximum atomic E-state index is 11.6. The van der Waals surface area contributed by atoms with E-state index in [1.807, 2.05) is 18.7 Å². The lowest BCUT2D eigenvalue weighted by atomic mass is 10.1. The minimum atomic E-state index is 0.323. The van der Waals surface area contributed by atoms with Crippen LogP contribution in [0.3, 0.4) is 0 Å². The summed E-state index contributed by atoms with van der Waals surface area (Å²) in [6.45, 7) is 12.3. The summed E-state index contributed by atoms with van der Waals surface area (Å²) in [6.07, 6.45) is 2.08. The quantitative estimate of drug-likeness (QED) is 0.684. The van der Waals surface area contributed by atoms with Crippen molar-refractivity contribution < 1.29 is 4.79 Å². The van der Waals surface area contributed by atoms with E-state index in [0.29, 0.717) is 17.7 Å². The zero-order valence-electron chi connectivity index (χ0n) is 10.3. The molecule has 0 spiro atoms. The molecule has 0 radical (unpaired) electrons. The molecule has 1 atom stereocenters. The third kappa shape index (κ3) is 3.69. The zero-order chi connectivity index (χ0) is 11.1. The third-order valence-corrected chi connectivity index (χ3v) is 2.49. The molecule has 1 heterocycles. The van der Waals surface area contributed by atoms with Crippen LogP contribution < -0.4 is 0 Å². The summed E-state index contributed by atoms with van der Waals surface area (Å²) in [6, 6.07) is 0. The van der Waals surface area contributed by atoms with Gasteiger partial charge in [-0.15, -0.1) is 0 Å². The third-order valence-electron chi connectivity index (χ3n) is 2.49. The van der Waals surface area contributed by atoms with Crippen molar-refractivity contribution in [2.45, 2.75) is 47.5 Å². The minimum Gasteiger partial charge on any atom is -0.342 e. The predicted octanol–water partition coefficient (Wildman–Crippen LogP) is 2.93. The molecule has 1 aliphatic heterocycles. The van der Waals surface area contributed by atoms with Gasteiger partial charge in [0.15, 0.2) is 0 Å². The number of nitrogens with zero attached hydrogens (tertiary/aromatic N) is 1. The van der Waals surface area contributed by atoms with Crippen LogP contribution in [-0.2, 0) is 4.79 Å². The molecular weight excluding hydrogens is 174 g/mol. The Bertz CT molecular complexity index is 166. The van der Waals surface area contributed by atoms with Gasteiger partial charge in [-0.1, -0.05) is 34.6 Å². The van der Waals surface area contributed by atoms with Gasteiger partial charge in [-0.3, -0.25) is 4.79 Å². The average molecular weight is 199 g/mol. The number of likely N-dealkylation sites (tertiary alicyclic amines) is 1. The molecule has 0 aromatic carbocycles. The number of amides is 1. The molecule has 0 aromatic heterocycles. The lowest BCUT2D eigenvalue weighted by Gasteiger charge is -2.18. The fraction of sp³-hybridized carbons (Fsp3) is 0.917. The van der Waals surface area contributed by atoms with Crippen LogP contribution in [0.25, 0.3) is 0 Å². The standard InChI is InChI=1S/C10H19NO.C2H6/c1-4-9-5-6-11(10(9)12)7-8(2)3;1-2/h8-9H,4-7H2,1-3H3;1-2H3. The van der Waals surface area contributed by atoms with Crippen molar-refractivity contribution in [1.29, 1.82) is 0 Å². The van der Waals surface area contributed by atoms with Gasteiger partial charge in [-0.2, -0.15) is 0 Å². The van der Waals surface area contributed by atoms with Gasteiger partial charge in [0.2, 0.25) is 5.91 Å². The van der Waals surface area contributed by atoms with Crippen molar-refractivity contribution in [3.05, 3.63) is 0 Å². The Labute approximate surface area is 88.7 Å². The van der Waals surface area contributed by atoms with Gasteiger partial charge in [-0.25, -0.2) is 0 Å². The summed E-state index contributed by atoms with van der Waals surface area (Å²) in [5.41, 5.74) is 0. The molecule has 0 aliphatic carbocycles. The van der Waals surface area contributed by atoms with E-state index in [1.165, 1.54) is 0 Å². The van der Waals surface area contributed by atoms with Crippen molar-refractivity contribution >= 4 is 5.91 Å². The number of hydrogen-bond donors (Lipinski definition) is 0. The molecular formula is C12H25NO. The van der Waals surface area contributed by atoms with E-state index >= 15 is 0 Å². The first kappa shape index (κ1) is 13.5. The van der Waals surface area contributed by atoms with Crippen molar-refractivity contribution in [3.8, 4) is 0 Å². The Morgan fingerprint density at radius 2 is 2.00 bits per heavy atom. The largest absolute Gasteiger partial charge is 0.342 e. The van der Waals surface area contributed by atoms with Crippen LogP contribution in [0, 0.1) is 11.8 Å². The van der Waals surface area contributed by atoms with Crippen LogP contribution in [0.4, 0.5) is 0 Å². The lowest BCUT2D eigenvalue weighted by Crippen LogP contribution is -2.30. The number of hydrogen-bond acceptors (Lipinski definition) is 1. The normalized spacial score (nSPS) is 21.1. The second-order valence-electron chi connectivity index (χ2n) is 4.07.